The van der Waals surface area contributed by atoms with Gasteiger partial charge in [0, 0.05) is 5.69 Å². The molecule has 1 aromatic heterocycles. The van der Waals surface area contributed by atoms with Gasteiger partial charge in [0.2, 0.25) is 5.91 Å². The Labute approximate surface area is 173 Å². The third kappa shape index (κ3) is 4.12. The minimum Gasteiger partial charge on any atom is -0.495 e. The summed E-state index contributed by atoms with van der Waals surface area (Å²) >= 11 is 1.41. The number of fused-ring (bicyclic) bond motifs is 1. The van der Waals surface area contributed by atoms with Gasteiger partial charge in [-0.2, -0.15) is 0 Å². The zero-order valence-electron chi connectivity index (χ0n) is 16.3. The zero-order chi connectivity index (χ0) is 20.2. The van der Waals surface area contributed by atoms with E-state index >= 15 is 0 Å². The number of hydrogen-bond acceptors (Lipinski definition) is 4. The van der Waals surface area contributed by atoms with Crippen LogP contribution in [0.2, 0.25) is 0 Å². The van der Waals surface area contributed by atoms with E-state index in [1.54, 1.807) is 7.11 Å². The Kier molecular flexibility index (Phi) is 5.53. The van der Waals surface area contributed by atoms with E-state index in [0.29, 0.717) is 11.4 Å². The Bertz CT molecular complexity index is 1160. The first-order chi connectivity index (χ1) is 14.2. The smallest absolute Gasteiger partial charge is 0.234 e. The van der Waals surface area contributed by atoms with Crippen molar-refractivity contribution in [1.82, 2.24) is 9.55 Å². The first kappa shape index (κ1) is 19.1. The fourth-order valence-electron chi connectivity index (χ4n) is 3.16. The van der Waals surface area contributed by atoms with Gasteiger partial charge in [-0.1, -0.05) is 48.2 Å². The van der Waals surface area contributed by atoms with Crippen LogP contribution in [-0.2, 0) is 4.79 Å². The van der Waals surface area contributed by atoms with Crippen LogP contribution in [0.5, 0.6) is 5.75 Å². The number of benzene rings is 3. The van der Waals surface area contributed by atoms with Crippen molar-refractivity contribution in [1.29, 1.82) is 0 Å². The minimum absolute atomic E-state index is 0.106. The molecule has 0 fully saturated rings. The van der Waals surface area contributed by atoms with Gasteiger partial charge >= 0.3 is 0 Å². The molecule has 4 aromatic rings. The fourth-order valence-corrected chi connectivity index (χ4v) is 3.99. The molecule has 146 valence electrons. The molecule has 1 amide bonds. The summed E-state index contributed by atoms with van der Waals surface area (Å²) in [6.07, 6.45) is 0. The largest absolute Gasteiger partial charge is 0.495 e. The van der Waals surface area contributed by atoms with Crippen LogP contribution in [0.25, 0.3) is 16.7 Å². The van der Waals surface area contributed by atoms with Crippen molar-refractivity contribution in [2.75, 3.05) is 18.2 Å². The van der Waals surface area contributed by atoms with E-state index in [4.69, 9.17) is 9.72 Å². The van der Waals surface area contributed by atoms with Crippen molar-refractivity contribution in [3.63, 3.8) is 0 Å². The maximum absolute atomic E-state index is 12.6. The number of carbonyl (C=O) groups is 1. The van der Waals surface area contributed by atoms with Gasteiger partial charge < -0.3 is 10.1 Å². The minimum atomic E-state index is -0.106. The summed E-state index contributed by atoms with van der Waals surface area (Å²) in [7, 11) is 1.59. The average molecular weight is 404 g/mol. The third-order valence-electron chi connectivity index (χ3n) is 4.51. The number of aromatic nitrogens is 2. The number of imidazole rings is 1. The van der Waals surface area contributed by atoms with Gasteiger partial charge in [0.1, 0.15) is 5.75 Å². The molecule has 0 aliphatic carbocycles. The molecule has 1 N–H and O–H groups in total. The first-order valence-corrected chi connectivity index (χ1v) is 10.2. The van der Waals surface area contributed by atoms with E-state index in [0.717, 1.165) is 27.4 Å². The molecule has 0 unspecified atom stereocenters. The van der Waals surface area contributed by atoms with E-state index in [2.05, 4.69) is 9.88 Å². The van der Waals surface area contributed by atoms with Gasteiger partial charge in [-0.3, -0.25) is 9.36 Å². The van der Waals surface area contributed by atoms with Crippen molar-refractivity contribution in [2.45, 2.75) is 12.1 Å². The molecule has 0 saturated heterocycles. The molecule has 1 heterocycles. The Balaban J connectivity index is 1.57. The normalized spacial score (nSPS) is 10.8. The standard InChI is InChI=1S/C23H21N3O2S/c1-16-12-13-21(28-2)19(14-16)24-22(27)15-29-23-25-18-10-6-7-11-20(18)26(23)17-8-4-3-5-9-17/h3-14H,15H2,1-2H3,(H,24,27). The molecular weight excluding hydrogens is 382 g/mol. The van der Waals surface area contributed by atoms with Crippen LogP contribution in [-0.4, -0.2) is 28.3 Å². The Morgan fingerprint density at radius 2 is 1.83 bits per heavy atom. The summed E-state index contributed by atoms with van der Waals surface area (Å²) in [5, 5.41) is 3.72. The number of ether oxygens (including phenoxy) is 1. The lowest BCUT2D eigenvalue weighted by Crippen LogP contribution is -2.15. The van der Waals surface area contributed by atoms with Gasteiger partial charge in [-0.15, -0.1) is 0 Å². The lowest BCUT2D eigenvalue weighted by Gasteiger charge is -2.11. The number of hydrogen-bond donors (Lipinski definition) is 1. The van der Waals surface area contributed by atoms with E-state index < -0.39 is 0 Å². The fraction of sp³-hybridized carbons (Fsp3) is 0.130. The van der Waals surface area contributed by atoms with Crippen LogP contribution >= 0.6 is 11.8 Å². The maximum atomic E-state index is 12.6. The average Bonchev–Trinajstić information content (AvgIpc) is 3.11. The summed E-state index contributed by atoms with van der Waals surface area (Å²) in [6, 6.07) is 23.7. The Morgan fingerprint density at radius 1 is 1.07 bits per heavy atom. The first-order valence-electron chi connectivity index (χ1n) is 9.26. The van der Waals surface area contributed by atoms with Crippen LogP contribution in [0.1, 0.15) is 5.56 Å². The zero-order valence-corrected chi connectivity index (χ0v) is 17.1. The number of rotatable bonds is 6. The monoisotopic (exact) mass is 403 g/mol. The molecule has 6 heteroatoms. The summed E-state index contributed by atoms with van der Waals surface area (Å²) in [6.45, 7) is 1.98. The second-order valence-corrected chi connectivity index (χ2v) is 7.54. The lowest BCUT2D eigenvalue weighted by molar-refractivity contribution is -0.113. The lowest BCUT2D eigenvalue weighted by atomic mass is 10.2. The predicted molar refractivity (Wildman–Crippen MR) is 118 cm³/mol. The molecular formula is C23H21N3O2S. The van der Waals surface area contributed by atoms with Gasteiger partial charge in [0.25, 0.3) is 0 Å². The molecule has 0 aliphatic rings. The van der Waals surface area contributed by atoms with Crippen LogP contribution in [0.4, 0.5) is 5.69 Å². The molecule has 0 atom stereocenters. The van der Waals surface area contributed by atoms with Crippen molar-refractivity contribution >= 4 is 34.4 Å². The van der Waals surface area contributed by atoms with E-state index in [1.165, 1.54) is 11.8 Å². The molecule has 0 spiro atoms. The van der Waals surface area contributed by atoms with Crippen LogP contribution in [0, 0.1) is 6.92 Å². The quantitative estimate of drug-likeness (QED) is 0.457. The second-order valence-electron chi connectivity index (χ2n) is 6.59. The van der Waals surface area contributed by atoms with Crippen molar-refractivity contribution in [3.8, 4) is 11.4 Å². The SMILES string of the molecule is COc1ccc(C)cc1NC(=O)CSc1nc2ccccc2n1-c1ccccc1. The molecule has 29 heavy (non-hydrogen) atoms. The highest BCUT2D eigenvalue weighted by Gasteiger charge is 2.15. The third-order valence-corrected chi connectivity index (χ3v) is 5.44. The van der Waals surface area contributed by atoms with E-state index in [9.17, 15) is 4.79 Å². The molecule has 0 saturated carbocycles. The number of aryl methyl sites for hydroxylation is 1. The number of nitrogens with zero attached hydrogens (tertiary/aromatic N) is 2. The van der Waals surface area contributed by atoms with Gasteiger partial charge in [-0.25, -0.2) is 4.98 Å². The number of nitrogens with one attached hydrogen (secondary N) is 1. The van der Waals surface area contributed by atoms with Crippen molar-refractivity contribution < 1.29 is 9.53 Å². The number of methoxy groups -OCH3 is 1. The van der Waals surface area contributed by atoms with Crippen molar-refractivity contribution in [3.05, 3.63) is 78.4 Å². The second kappa shape index (κ2) is 8.41. The van der Waals surface area contributed by atoms with Gasteiger partial charge in [0.15, 0.2) is 5.16 Å². The summed E-state index contributed by atoms with van der Waals surface area (Å²) in [5.41, 5.74) is 4.67. The predicted octanol–water partition coefficient (Wildman–Crippen LogP) is 5.07. The van der Waals surface area contributed by atoms with Crippen LogP contribution in [0.15, 0.2) is 78.0 Å². The number of para-hydroxylation sites is 3. The highest BCUT2D eigenvalue weighted by molar-refractivity contribution is 7.99. The Morgan fingerprint density at radius 3 is 2.62 bits per heavy atom. The van der Waals surface area contributed by atoms with Gasteiger partial charge in [-0.05, 0) is 48.9 Å². The van der Waals surface area contributed by atoms with Crippen LogP contribution in [0.3, 0.4) is 0 Å². The van der Waals surface area contributed by atoms with E-state index in [1.807, 2.05) is 79.7 Å². The summed E-state index contributed by atoms with van der Waals surface area (Å²) < 4.78 is 7.43. The molecule has 0 aliphatic heterocycles. The molecule has 3 aromatic carbocycles. The topological polar surface area (TPSA) is 56.1 Å². The van der Waals surface area contributed by atoms with E-state index in [-0.39, 0.29) is 11.7 Å². The molecule has 0 radical (unpaired) electrons. The molecule has 5 nitrogen and oxygen atoms in total. The highest BCUT2D eigenvalue weighted by atomic mass is 32.2. The summed E-state index contributed by atoms with van der Waals surface area (Å²) in [4.78, 5) is 17.3. The summed E-state index contributed by atoms with van der Waals surface area (Å²) in [5.74, 6) is 0.781. The molecule has 4 rings (SSSR count). The van der Waals surface area contributed by atoms with Gasteiger partial charge in [0.05, 0.1) is 29.6 Å². The number of carbonyl (C=O) groups excluding carboxylic acids is 1. The Hall–Kier alpha value is -3.25. The number of anilines is 1. The number of amides is 1. The maximum Gasteiger partial charge on any atom is 0.234 e. The highest BCUT2D eigenvalue weighted by Crippen LogP contribution is 2.29. The number of thioether (sulfide) groups is 1. The molecule has 0 bridgehead atoms. The van der Waals surface area contributed by atoms with Crippen molar-refractivity contribution in [2.24, 2.45) is 0 Å². The van der Waals surface area contributed by atoms with Crippen LogP contribution < -0.4 is 10.1 Å².